The molecule has 1 atom stereocenters. The van der Waals surface area contributed by atoms with E-state index in [1.165, 1.54) is 0 Å². The minimum atomic E-state index is -2.79. The van der Waals surface area contributed by atoms with Crippen LogP contribution in [0.3, 0.4) is 0 Å². The van der Waals surface area contributed by atoms with Gasteiger partial charge in [-0.1, -0.05) is 0 Å². The van der Waals surface area contributed by atoms with Gasteiger partial charge in [0.05, 0.1) is 11.5 Å². The van der Waals surface area contributed by atoms with Gasteiger partial charge in [-0.15, -0.1) is 0 Å². The molecule has 1 unspecified atom stereocenters. The first-order valence-corrected chi connectivity index (χ1v) is 8.01. The number of methoxy groups -OCH3 is 1. The molecule has 5 nitrogen and oxygen atoms in total. The summed E-state index contributed by atoms with van der Waals surface area (Å²) < 4.78 is 27.8. The van der Waals surface area contributed by atoms with Crippen molar-refractivity contribution in [2.75, 3.05) is 51.4 Å². The molecule has 0 aliphatic carbocycles. The molecule has 0 aromatic heterocycles. The number of sulfone groups is 1. The lowest BCUT2D eigenvalue weighted by atomic mass is 10.3. The van der Waals surface area contributed by atoms with Crippen LogP contribution in [0.1, 0.15) is 13.3 Å². The second-order valence-corrected chi connectivity index (χ2v) is 6.82. The lowest BCUT2D eigenvalue weighted by Crippen LogP contribution is -2.49. The maximum Gasteiger partial charge on any atom is 0.153 e. The topological polar surface area (TPSA) is 58.6 Å². The summed E-state index contributed by atoms with van der Waals surface area (Å²) >= 11 is 0. The summed E-state index contributed by atoms with van der Waals surface area (Å²) in [7, 11) is -1.08. The summed E-state index contributed by atoms with van der Waals surface area (Å²) in [4.78, 5) is 2.24. The molecule has 1 heterocycles. The summed E-state index contributed by atoms with van der Waals surface area (Å²) in [5.41, 5.74) is 0. The molecule has 0 radical (unpaired) electrons. The van der Waals surface area contributed by atoms with Crippen LogP contribution in [0.25, 0.3) is 0 Å². The van der Waals surface area contributed by atoms with Crippen molar-refractivity contribution in [3.8, 4) is 0 Å². The Labute approximate surface area is 104 Å². The van der Waals surface area contributed by atoms with Crippen LogP contribution in [0.4, 0.5) is 0 Å². The number of nitrogens with zero attached hydrogens (tertiary/aromatic N) is 1. The van der Waals surface area contributed by atoms with Crippen molar-refractivity contribution >= 4 is 9.84 Å². The molecule has 0 bridgehead atoms. The molecule has 1 aliphatic rings. The summed E-state index contributed by atoms with van der Waals surface area (Å²) in [5.74, 6) is 0.609. The maximum atomic E-state index is 11.4. The molecule has 0 spiro atoms. The molecule has 1 fully saturated rings. The van der Waals surface area contributed by atoms with Gasteiger partial charge in [0, 0.05) is 39.4 Å². The van der Waals surface area contributed by atoms with Gasteiger partial charge < -0.3 is 10.1 Å². The van der Waals surface area contributed by atoms with E-state index in [0.717, 1.165) is 32.7 Å². The first kappa shape index (κ1) is 14.9. The lowest BCUT2D eigenvalue weighted by Gasteiger charge is -2.33. The second kappa shape index (κ2) is 7.31. The van der Waals surface area contributed by atoms with Gasteiger partial charge in [-0.3, -0.25) is 4.90 Å². The predicted octanol–water partition coefficient (Wildman–Crippen LogP) is -0.269. The van der Waals surface area contributed by atoms with Gasteiger partial charge in [0.1, 0.15) is 0 Å². The molecule has 0 amide bonds. The molecule has 0 saturated carbocycles. The molecule has 1 saturated heterocycles. The molecule has 1 aliphatic heterocycles. The highest BCUT2D eigenvalue weighted by molar-refractivity contribution is 7.91. The number of hydrogen-bond donors (Lipinski definition) is 1. The Morgan fingerprint density at radius 1 is 1.41 bits per heavy atom. The Morgan fingerprint density at radius 2 is 2.18 bits per heavy atom. The molecular formula is C11H24N2O3S. The van der Waals surface area contributed by atoms with Crippen LogP contribution in [-0.4, -0.2) is 70.8 Å². The number of hydrogen-bond acceptors (Lipinski definition) is 5. The van der Waals surface area contributed by atoms with Crippen LogP contribution < -0.4 is 5.32 Å². The standard InChI is InChI=1S/C11H24N2O3S/c1-11-10-17(14,15)9-7-13(11)6-5-12-4-3-8-16-2/h11-12H,3-10H2,1-2H3. The van der Waals surface area contributed by atoms with Crippen molar-refractivity contribution in [2.24, 2.45) is 0 Å². The van der Waals surface area contributed by atoms with E-state index in [0.29, 0.717) is 18.1 Å². The van der Waals surface area contributed by atoms with Crippen molar-refractivity contribution in [1.82, 2.24) is 10.2 Å². The monoisotopic (exact) mass is 264 g/mol. The third-order valence-corrected chi connectivity index (χ3v) is 4.88. The minimum Gasteiger partial charge on any atom is -0.385 e. The average Bonchev–Trinajstić information content (AvgIpc) is 2.25. The van der Waals surface area contributed by atoms with E-state index in [-0.39, 0.29) is 6.04 Å². The zero-order chi connectivity index (χ0) is 12.7. The largest absolute Gasteiger partial charge is 0.385 e. The first-order chi connectivity index (χ1) is 8.05. The van der Waals surface area contributed by atoms with Gasteiger partial charge in [-0.05, 0) is 19.9 Å². The van der Waals surface area contributed by atoms with Crippen molar-refractivity contribution in [3.63, 3.8) is 0 Å². The summed E-state index contributed by atoms with van der Waals surface area (Å²) in [5, 5.41) is 3.34. The normalized spacial score (nSPS) is 24.9. The summed E-state index contributed by atoms with van der Waals surface area (Å²) in [6.07, 6.45) is 1.01. The van der Waals surface area contributed by atoms with Gasteiger partial charge in [-0.25, -0.2) is 8.42 Å². The van der Waals surface area contributed by atoms with Gasteiger partial charge in [0.15, 0.2) is 9.84 Å². The number of nitrogens with one attached hydrogen (secondary N) is 1. The van der Waals surface area contributed by atoms with Crippen LogP contribution >= 0.6 is 0 Å². The Morgan fingerprint density at radius 3 is 2.82 bits per heavy atom. The highest BCUT2D eigenvalue weighted by Crippen LogP contribution is 2.10. The molecule has 6 heteroatoms. The van der Waals surface area contributed by atoms with Crippen LogP contribution in [0.15, 0.2) is 0 Å². The van der Waals surface area contributed by atoms with E-state index in [1.54, 1.807) is 7.11 Å². The zero-order valence-electron chi connectivity index (χ0n) is 10.8. The molecule has 17 heavy (non-hydrogen) atoms. The fourth-order valence-electron chi connectivity index (χ4n) is 2.05. The van der Waals surface area contributed by atoms with Crippen molar-refractivity contribution in [1.29, 1.82) is 0 Å². The third-order valence-electron chi connectivity index (χ3n) is 3.09. The fraction of sp³-hybridized carbons (Fsp3) is 1.00. The van der Waals surface area contributed by atoms with E-state index in [4.69, 9.17) is 4.74 Å². The Hall–Kier alpha value is -0.170. The van der Waals surface area contributed by atoms with Gasteiger partial charge in [-0.2, -0.15) is 0 Å². The maximum absolute atomic E-state index is 11.4. The quantitative estimate of drug-likeness (QED) is 0.642. The van der Waals surface area contributed by atoms with Crippen molar-refractivity contribution in [3.05, 3.63) is 0 Å². The fourth-order valence-corrected chi connectivity index (χ4v) is 3.68. The molecule has 0 aromatic carbocycles. The smallest absolute Gasteiger partial charge is 0.153 e. The first-order valence-electron chi connectivity index (χ1n) is 6.19. The average molecular weight is 264 g/mol. The Kier molecular flexibility index (Phi) is 6.40. The molecule has 1 N–H and O–H groups in total. The van der Waals surface area contributed by atoms with E-state index >= 15 is 0 Å². The Balaban J connectivity index is 2.12. The minimum absolute atomic E-state index is 0.148. The van der Waals surface area contributed by atoms with Crippen LogP contribution in [0.5, 0.6) is 0 Å². The number of rotatable bonds is 7. The molecular weight excluding hydrogens is 240 g/mol. The van der Waals surface area contributed by atoms with Crippen LogP contribution in [-0.2, 0) is 14.6 Å². The van der Waals surface area contributed by atoms with Crippen LogP contribution in [0, 0.1) is 0 Å². The summed E-state index contributed by atoms with van der Waals surface area (Å²) in [6, 6.07) is 0.148. The lowest BCUT2D eigenvalue weighted by molar-refractivity contribution is 0.192. The predicted molar refractivity (Wildman–Crippen MR) is 69.1 cm³/mol. The van der Waals surface area contributed by atoms with E-state index in [9.17, 15) is 8.42 Å². The third kappa shape index (κ3) is 5.81. The van der Waals surface area contributed by atoms with Crippen LogP contribution in [0.2, 0.25) is 0 Å². The second-order valence-electron chi connectivity index (χ2n) is 4.60. The molecule has 1 rings (SSSR count). The molecule has 0 aromatic rings. The summed E-state index contributed by atoms with van der Waals surface area (Å²) in [6.45, 7) is 6.22. The number of ether oxygens (including phenoxy) is 1. The Bertz CT molecular complexity index is 306. The van der Waals surface area contributed by atoms with Gasteiger partial charge >= 0.3 is 0 Å². The van der Waals surface area contributed by atoms with E-state index in [2.05, 4.69) is 10.2 Å². The van der Waals surface area contributed by atoms with Gasteiger partial charge in [0.25, 0.3) is 0 Å². The highest BCUT2D eigenvalue weighted by atomic mass is 32.2. The van der Waals surface area contributed by atoms with E-state index < -0.39 is 9.84 Å². The SMILES string of the molecule is COCCCNCCN1CCS(=O)(=O)CC1C. The van der Waals surface area contributed by atoms with Gasteiger partial charge in [0.2, 0.25) is 0 Å². The van der Waals surface area contributed by atoms with Crippen molar-refractivity contribution < 1.29 is 13.2 Å². The van der Waals surface area contributed by atoms with Crippen molar-refractivity contribution in [2.45, 2.75) is 19.4 Å². The van der Waals surface area contributed by atoms with E-state index in [1.807, 2.05) is 6.92 Å². The zero-order valence-corrected chi connectivity index (χ0v) is 11.6. The molecule has 102 valence electrons. The highest BCUT2D eigenvalue weighted by Gasteiger charge is 2.27.